The molecule has 0 radical (unpaired) electrons. The Hall–Kier alpha value is -0.500. The Morgan fingerprint density at radius 2 is 1.11 bits per heavy atom. The summed E-state index contributed by atoms with van der Waals surface area (Å²) in [6.07, 6.45) is 0. The fourth-order valence-corrected chi connectivity index (χ4v) is 5.73. The van der Waals surface area contributed by atoms with E-state index in [1.165, 1.54) is 12.1 Å². The molecule has 0 aliphatic rings. The molecule has 0 heterocycles. The summed E-state index contributed by atoms with van der Waals surface area (Å²) in [5.74, 6) is -9.46. The minimum absolute atomic E-state index is 0.622. The molecule has 2 aromatic rings. The maximum absolute atomic E-state index is 14.4. The molecule has 0 aromatic heterocycles. The lowest BCUT2D eigenvalue weighted by molar-refractivity contribution is 0.390. The molecule has 13 heteroatoms. The van der Waals surface area contributed by atoms with E-state index in [-0.39, 0.29) is 0 Å². The van der Waals surface area contributed by atoms with E-state index in [4.69, 9.17) is 0 Å². The Morgan fingerprint density at radius 3 is 1.48 bits per heavy atom. The first-order chi connectivity index (χ1) is 12.1. The van der Waals surface area contributed by atoms with Crippen LogP contribution in [0.5, 0.6) is 0 Å². The highest BCUT2D eigenvalue weighted by Gasteiger charge is 2.45. The maximum Gasteiger partial charge on any atom is 0.239 e. The quantitative estimate of drug-likeness (QED) is 0.277. The molecule has 27 heavy (non-hydrogen) atoms. The van der Waals surface area contributed by atoms with Gasteiger partial charge < -0.3 is 0 Å². The summed E-state index contributed by atoms with van der Waals surface area (Å²) in [5, 5.41) is 0. The van der Waals surface area contributed by atoms with E-state index in [0.717, 1.165) is 12.1 Å². The highest BCUT2D eigenvalue weighted by atomic mass is 80.0. The number of alkyl halides is 3. The van der Waals surface area contributed by atoms with Crippen molar-refractivity contribution >= 4 is 67.5 Å². The molecule has 0 aliphatic heterocycles. The van der Waals surface area contributed by atoms with E-state index in [2.05, 4.69) is 47.8 Å². The molecule has 0 aliphatic carbocycles. The molecule has 148 valence electrons. The van der Waals surface area contributed by atoms with Crippen molar-refractivity contribution in [3.63, 3.8) is 0 Å². The summed E-state index contributed by atoms with van der Waals surface area (Å²) in [4.78, 5) is -4.54. The van der Waals surface area contributed by atoms with E-state index in [1.54, 1.807) is 6.92 Å². The van der Waals surface area contributed by atoms with Crippen molar-refractivity contribution in [3.05, 3.63) is 53.1 Å². The SMILES string of the molecule is Cc1ccc(S(=O)(=O)c2c(F)c(F)c(S(=O)(=O)C(Br)(Br)Br)c(F)c2F)cc1. The van der Waals surface area contributed by atoms with Crippen LogP contribution in [0, 0.1) is 30.2 Å². The summed E-state index contributed by atoms with van der Waals surface area (Å²) in [5.41, 5.74) is 0.622. The molecular formula is C14H7Br3F4O4S2. The molecule has 0 saturated heterocycles. The predicted octanol–water partition coefficient (Wildman–Crippen LogP) is 4.95. The Labute approximate surface area is 177 Å². The molecule has 0 amide bonds. The predicted molar refractivity (Wildman–Crippen MR) is 99.6 cm³/mol. The van der Waals surface area contributed by atoms with Crippen molar-refractivity contribution in [2.75, 3.05) is 0 Å². The molecule has 0 atom stereocenters. The minimum atomic E-state index is -5.09. The monoisotopic (exact) mass is 616 g/mol. The van der Waals surface area contributed by atoms with Gasteiger partial charge in [0, 0.05) is 0 Å². The Kier molecular flexibility index (Phi) is 6.24. The van der Waals surface area contributed by atoms with Crippen LogP contribution in [0.3, 0.4) is 0 Å². The van der Waals surface area contributed by atoms with Gasteiger partial charge in [0.15, 0.2) is 23.3 Å². The van der Waals surface area contributed by atoms with Crippen LogP contribution < -0.4 is 0 Å². The first-order valence-corrected chi connectivity index (χ1v) is 12.0. The number of aryl methyl sites for hydroxylation is 1. The summed E-state index contributed by atoms with van der Waals surface area (Å²) in [7, 11) is -10.1. The molecule has 0 saturated carbocycles. The number of rotatable bonds is 3. The van der Waals surface area contributed by atoms with Crippen LogP contribution in [0.15, 0.2) is 39.0 Å². The Balaban J connectivity index is 2.90. The van der Waals surface area contributed by atoms with E-state index >= 15 is 0 Å². The number of sulfone groups is 2. The third-order valence-electron chi connectivity index (χ3n) is 3.36. The molecule has 4 nitrogen and oxygen atoms in total. The van der Waals surface area contributed by atoms with Gasteiger partial charge in [-0.05, 0) is 66.8 Å². The van der Waals surface area contributed by atoms with Crippen LogP contribution in [0.25, 0.3) is 0 Å². The average molecular weight is 619 g/mol. The van der Waals surface area contributed by atoms with E-state index in [9.17, 15) is 34.4 Å². The fraction of sp³-hybridized carbons (Fsp3) is 0.143. The van der Waals surface area contributed by atoms with Gasteiger partial charge in [0.25, 0.3) is 0 Å². The van der Waals surface area contributed by atoms with Crippen molar-refractivity contribution in [1.29, 1.82) is 0 Å². The van der Waals surface area contributed by atoms with E-state index < -0.39 is 59.1 Å². The maximum atomic E-state index is 14.4. The van der Waals surface area contributed by atoms with Gasteiger partial charge in [-0.1, -0.05) is 17.7 Å². The zero-order chi connectivity index (χ0) is 20.9. The number of halogens is 7. The summed E-state index contributed by atoms with van der Waals surface area (Å²) in [6, 6.07) is 4.60. The van der Waals surface area contributed by atoms with Crippen molar-refractivity contribution in [1.82, 2.24) is 0 Å². The molecule has 0 N–H and O–H groups in total. The lowest BCUT2D eigenvalue weighted by Crippen LogP contribution is -2.24. The highest BCUT2D eigenvalue weighted by molar-refractivity contribution is 9.42. The van der Waals surface area contributed by atoms with Crippen LogP contribution in [-0.4, -0.2) is 18.3 Å². The topological polar surface area (TPSA) is 68.3 Å². The van der Waals surface area contributed by atoms with Gasteiger partial charge in [0.1, 0.15) is 9.79 Å². The lowest BCUT2D eigenvalue weighted by atomic mass is 10.2. The Morgan fingerprint density at radius 1 is 0.741 bits per heavy atom. The summed E-state index contributed by atoms with van der Waals surface area (Å²) in [6.45, 7) is 1.61. The molecule has 0 fully saturated rings. The van der Waals surface area contributed by atoms with Crippen molar-refractivity contribution < 1.29 is 34.4 Å². The molecule has 2 aromatic carbocycles. The van der Waals surface area contributed by atoms with Crippen LogP contribution in [0.2, 0.25) is 0 Å². The molecular weight excluding hydrogens is 612 g/mol. The Bertz CT molecular complexity index is 1100. The van der Waals surface area contributed by atoms with Gasteiger partial charge in [-0.15, -0.1) is 0 Å². The third kappa shape index (κ3) is 3.85. The molecule has 2 rings (SSSR count). The minimum Gasteiger partial charge on any atom is -0.220 e. The first kappa shape index (κ1) is 22.8. The standard InChI is InChI=1S/C14H7Br3F4O4S2/c1-6-2-4-7(5-3-6)26(22,23)12-8(18)10(20)13(11(21)9(12)19)27(24,25)14(15,16)17/h2-5H,1H3. The largest absolute Gasteiger partial charge is 0.239 e. The van der Waals surface area contributed by atoms with Gasteiger partial charge in [0.2, 0.25) is 21.1 Å². The fourth-order valence-electron chi connectivity index (χ4n) is 2.01. The lowest BCUT2D eigenvalue weighted by Gasteiger charge is -2.17. The van der Waals surface area contributed by atoms with Gasteiger partial charge in [-0.25, -0.2) is 34.4 Å². The second kappa shape index (κ2) is 7.39. The summed E-state index contributed by atoms with van der Waals surface area (Å²) >= 11 is 7.51. The van der Waals surface area contributed by atoms with E-state index in [0.29, 0.717) is 5.56 Å². The van der Waals surface area contributed by atoms with Crippen molar-refractivity contribution in [3.8, 4) is 0 Å². The van der Waals surface area contributed by atoms with Crippen molar-refractivity contribution in [2.24, 2.45) is 0 Å². The smallest absolute Gasteiger partial charge is 0.220 e. The van der Waals surface area contributed by atoms with Crippen LogP contribution in [0.4, 0.5) is 17.6 Å². The summed E-state index contributed by atoms with van der Waals surface area (Å²) < 4.78 is 104. The molecule has 0 bridgehead atoms. The van der Waals surface area contributed by atoms with Gasteiger partial charge >= 0.3 is 0 Å². The van der Waals surface area contributed by atoms with E-state index in [1.807, 2.05) is 0 Å². The second-order valence-electron chi connectivity index (χ2n) is 5.18. The normalized spacial score (nSPS) is 13.0. The van der Waals surface area contributed by atoms with Gasteiger partial charge in [-0.2, -0.15) is 0 Å². The van der Waals surface area contributed by atoms with Gasteiger partial charge in [0.05, 0.1) is 4.90 Å². The number of hydrogen-bond acceptors (Lipinski definition) is 4. The van der Waals surface area contributed by atoms with Crippen molar-refractivity contribution in [2.45, 2.75) is 23.1 Å². The average Bonchev–Trinajstić information content (AvgIpc) is 2.52. The third-order valence-corrected chi connectivity index (χ3v) is 10.5. The molecule has 0 unspecified atom stereocenters. The number of hydrogen-bond donors (Lipinski definition) is 0. The highest BCUT2D eigenvalue weighted by Crippen LogP contribution is 2.46. The van der Waals surface area contributed by atoms with Crippen LogP contribution in [0.1, 0.15) is 5.56 Å². The zero-order valence-electron chi connectivity index (χ0n) is 12.9. The van der Waals surface area contributed by atoms with Crippen LogP contribution in [-0.2, 0) is 19.7 Å². The second-order valence-corrected chi connectivity index (χ2v) is 17.4. The molecule has 0 spiro atoms. The van der Waals surface area contributed by atoms with Gasteiger partial charge in [-0.3, -0.25) is 0 Å². The zero-order valence-corrected chi connectivity index (χ0v) is 19.3. The van der Waals surface area contributed by atoms with Crippen LogP contribution >= 0.6 is 47.8 Å². The number of benzene rings is 2. The first-order valence-electron chi connectivity index (χ1n) is 6.63.